The smallest absolute Gasteiger partial charge is 0.444 e. The lowest BCUT2D eigenvalue weighted by Gasteiger charge is -2.48. The minimum atomic E-state index is -0.832. The van der Waals surface area contributed by atoms with E-state index in [1.54, 1.807) is 20.8 Å². The lowest BCUT2D eigenvalue weighted by Crippen LogP contribution is -2.59. The Bertz CT molecular complexity index is 754. The molecule has 194 valence electrons. The molecule has 0 spiro atoms. The molecule has 2 fully saturated rings. The predicted octanol–water partition coefficient (Wildman–Crippen LogP) is 3.71. The summed E-state index contributed by atoms with van der Waals surface area (Å²) >= 11 is 0. The van der Waals surface area contributed by atoms with Gasteiger partial charge in [-0.25, -0.2) is 24.2 Å². The van der Waals surface area contributed by atoms with Gasteiger partial charge in [-0.05, 0) is 77.6 Å². The lowest BCUT2D eigenvalue weighted by molar-refractivity contribution is -0.239. The number of hydrogen-bond acceptors (Lipinski definition) is 7. The SMILES string of the molecule is CC(C)(C)OC(=O)NC1CCC(C(=O)OOC(=O)NC2(C(C)(C)C)CCC(C(N)=O)CC2)CC1. The molecule has 4 N–H and O–H groups in total. The van der Waals surface area contributed by atoms with Crippen LogP contribution in [-0.2, 0) is 24.1 Å². The number of carbonyl (C=O) groups excluding carboxylic acids is 4. The highest BCUT2D eigenvalue weighted by Crippen LogP contribution is 2.43. The van der Waals surface area contributed by atoms with Crippen molar-refractivity contribution in [2.24, 2.45) is 23.0 Å². The van der Waals surface area contributed by atoms with Gasteiger partial charge in [0.1, 0.15) is 5.60 Å². The molecule has 0 atom stereocenters. The van der Waals surface area contributed by atoms with Gasteiger partial charge in [-0.15, -0.1) is 0 Å². The van der Waals surface area contributed by atoms with Crippen molar-refractivity contribution in [2.75, 3.05) is 0 Å². The Kier molecular flexibility index (Phi) is 8.82. The largest absolute Gasteiger partial charge is 0.450 e. The van der Waals surface area contributed by atoms with Crippen LogP contribution in [0.4, 0.5) is 9.59 Å². The monoisotopic (exact) mass is 483 g/mol. The normalized spacial score (nSPS) is 27.8. The molecule has 0 aromatic rings. The molecule has 0 heterocycles. The molecule has 2 saturated carbocycles. The number of rotatable bonds is 4. The summed E-state index contributed by atoms with van der Waals surface area (Å²) in [5, 5.41) is 5.71. The quantitative estimate of drug-likeness (QED) is 0.408. The summed E-state index contributed by atoms with van der Waals surface area (Å²) in [7, 11) is 0. The fourth-order valence-corrected chi connectivity index (χ4v) is 4.77. The third-order valence-corrected chi connectivity index (χ3v) is 7.00. The van der Waals surface area contributed by atoms with Crippen molar-refractivity contribution in [3.8, 4) is 0 Å². The van der Waals surface area contributed by atoms with Crippen LogP contribution in [0.25, 0.3) is 0 Å². The lowest BCUT2D eigenvalue weighted by atomic mass is 9.63. The zero-order valence-corrected chi connectivity index (χ0v) is 21.3. The number of nitrogens with two attached hydrogens (primary N) is 1. The molecular formula is C24H41N3O7. The maximum absolute atomic E-state index is 12.5. The Morgan fingerprint density at radius 1 is 0.794 bits per heavy atom. The van der Waals surface area contributed by atoms with Gasteiger partial charge < -0.3 is 21.1 Å². The first-order valence-corrected chi connectivity index (χ1v) is 12.1. The second kappa shape index (κ2) is 10.8. The summed E-state index contributed by atoms with van der Waals surface area (Å²) < 4.78 is 5.26. The van der Waals surface area contributed by atoms with Gasteiger partial charge >= 0.3 is 18.2 Å². The van der Waals surface area contributed by atoms with Gasteiger partial charge in [0, 0.05) is 17.5 Å². The predicted molar refractivity (Wildman–Crippen MR) is 124 cm³/mol. The third-order valence-electron chi connectivity index (χ3n) is 7.00. The van der Waals surface area contributed by atoms with Gasteiger partial charge in [-0.2, -0.15) is 0 Å². The number of primary amides is 1. The number of nitrogens with one attached hydrogen (secondary N) is 2. The van der Waals surface area contributed by atoms with Crippen molar-refractivity contribution in [2.45, 2.75) is 110 Å². The number of amides is 3. The molecule has 0 aromatic heterocycles. The van der Waals surface area contributed by atoms with Crippen LogP contribution in [-0.4, -0.2) is 41.2 Å². The van der Waals surface area contributed by atoms with Crippen LogP contribution in [0, 0.1) is 17.3 Å². The summed E-state index contributed by atoms with van der Waals surface area (Å²) in [4.78, 5) is 58.0. The first-order valence-electron chi connectivity index (χ1n) is 12.1. The fourth-order valence-electron chi connectivity index (χ4n) is 4.77. The van der Waals surface area contributed by atoms with Gasteiger partial charge in [0.05, 0.1) is 5.92 Å². The highest BCUT2D eigenvalue weighted by atomic mass is 17.2. The summed E-state index contributed by atoms with van der Waals surface area (Å²) in [5.41, 5.74) is 3.95. The van der Waals surface area contributed by atoms with Gasteiger partial charge in [-0.1, -0.05) is 20.8 Å². The van der Waals surface area contributed by atoms with Crippen LogP contribution in [0.5, 0.6) is 0 Å². The topological polar surface area (TPSA) is 146 Å². The first-order chi connectivity index (χ1) is 15.6. The average Bonchev–Trinajstić information content (AvgIpc) is 2.70. The van der Waals surface area contributed by atoms with Crippen LogP contribution in [0.2, 0.25) is 0 Å². The molecule has 0 unspecified atom stereocenters. The van der Waals surface area contributed by atoms with E-state index >= 15 is 0 Å². The standard InChI is InChI=1S/C24H41N3O7/c1-22(2,3)24(13-11-15(12-14-24)18(25)28)27-21(31)34-33-19(29)16-7-9-17(10-8-16)26-20(30)32-23(4,5)6/h15-17H,7-14H2,1-6H3,(H2,25,28)(H,26,30)(H,27,31). The van der Waals surface area contributed by atoms with E-state index in [4.69, 9.17) is 20.2 Å². The van der Waals surface area contributed by atoms with Gasteiger partial charge in [0.25, 0.3) is 0 Å². The van der Waals surface area contributed by atoms with E-state index in [1.807, 2.05) is 20.8 Å². The molecule has 0 aromatic carbocycles. The number of alkyl carbamates (subject to hydrolysis) is 1. The van der Waals surface area contributed by atoms with E-state index in [-0.39, 0.29) is 23.3 Å². The van der Waals surface area contributed by atoms with E-state index in [0.29, 0.717) is 51.4 Å². The van der Waals surface area contributed by atoms with E-state index in [0.717, 1.165) is 0 Å². The van der Waals surface area contributed by atoms with Crippen molar-refractivity contribution < 1.29 is 33.7 Å². The molecule has 2 aliphatic carbocycles. The minimum Gasteiger partial charge on any atom is -0.444 e. The van der Waals surface area contributed by atoms with Crippen LogP contribution >= 0.6 is 0 Å². The Morgan fingerprint density at radius 3 is 1.82 bits per heavy atom. The molecule has 2 aliphatic rings. The molecule has 10 nitrogen and oxygen atoms in total. The van der Waals surface area contributed by atoms with Gasteiger partial charge in [0.2, 0.25) is 5.91 Å². The second-order valence-electron chi connectivity index (χ2n) is 11.6. The van der Waals surface area contributed by atoms with Crippen LogP contribution in [0.3, 0.4) is 0 Å². The maximum Gasteiger partial charge on any atom is 0.450 e. The zero-order valence-electron chi connectivity index (χ0n) is 21.3. The van der Waals surface area contributed by atoms with Crippen molar-refractivity contribution in [3.05, 3.63) is 0 Å². The second-order valence-corrected chi connectivity index (χ2v) is 11.6. The zero-order chi connectivity index (χ0) is 25.7. The number of carbonyl (C=O) groups is 4. The molecule has 34 heavy (non-hydrogen) atoms. The van der Waals surface area contributed by atoms with Gasteiger partial charge in [0.15, 0.2) is 0 Å². The van der Waals surface area contributed by atoms with Crippen molar-refractivity contribution >= 4 is 24.1 Å². The molecule has 0 aliphatic heterocycles. The summed E-state index contributed by atoms with van der Waals surface area (Å²) in [5.74, 6) is -1.54. The average molecular weight is 484 g/mol. The third kappa shape index (κ3) is 7.77. The summed E-state index contributed by atoms with van der Waals surface area (Å²) in [6, 6.07) is -0.0784. The highest BCUT2D eigenvalue weighted by Gasteiger charge is 2.47. The number of ether oxygens (including phenoxy) is 1. The Hall–Kier alpha value is -2.52. The van der Waals surface area contributed by atoms with E-state index < -0.39 is 35.2 Å². The van der Waals surface area contributed by atoms with Crippen LogP contribution in [0.15, 0.2) is 0 Å². The summed E-state index contributed by atoms with van der Waals surface area (Å²) in [6.45, 7) is 11.4. The molecule has 0 radical (unpaired) electrons. The van der Waals surface area contributed by atoms with Crippen molar-refractivity contribution in [3.63, 3.8) is 0 Å². The van der Waals surface area contributed by atoms with E-state index in [9.17, 15) is 19.2 Å². The van der Waals surface area contributed by atoms with Crippen LogP contribution < -0.4 is 16.4 Å². The van der Waals surface area contributed by atoms with Gasteiger partial charge in [-0.3, -0.25) is 4.79 Å². The highest BCUT2D eigenvalue weighted by molar-refractivity contribution is 5.77. The number of hydrogen-bond donors (Lipinski definition) is 3. The molecule has 3 amide bonds. The molecule has 0 saturated heterocycles. The Balaban J connectivity index is 1.80. The van der Waals surface area contributed by atoms with Crippen molar-refractivity contribution in [1.82, 2.24) is 10.6 Å². The first kappa shape index (κ1) is 27.7. The molecule has 2 rings (SSSR count). The molecular weight excluding hydrogens is 442 g/mol. The minimum absolute atomic E-state index is 0.0784. The summed E-state index contributed by atoms with van der Waals surface area (Å²) in [6.07, 6.45) is 3.19. The molecule has 10 heteroatoms. The van der Waals surface area contributed by atoms with Crippen molar-refractivity contribution in [1.29, 1.82) is 0 Å². The van der Waals surface area contributed by atoms with E-state index in [2.05, 4.69) is 10.6 Å². The Morgan fingerprint density at radius 2 is 1.35 bits per heavy atom. The van der Waals surface area contributed by atoms with Crippen LogP contribution in [0.1, 0.15) is 92.9 Å². The Labute approximate surface area is 201 Å². The molecule has 0 bridgehead atoms. The maximum atomic E-state index is 12.5. The van der Waals surface area contributed by atoms with E-state index in [1.165, 1.54) is 0 Å². The fraction of sp³-hybridized carbons (Fsp3) is 0.833.